The van der Waals surface area contributed by atoms with Gasteiger partial charge in [-0.15, -0.1) is 24.8 Å². The maximum atomic E-state index is 12.1. The van der Waals surface area contributed by atoms with Crippen molar-refractivity contribution in [1.29, 1.82) is 0 Å². The molecule has 0 aliphatic carbocycles. The first kappa shape index (κ1) is 32.3. The van der Waals surface area contributed by atoms with Gasteiger partial charge in [0.05, 0.1) is 18.2 Å². The van der Waals surface area contributed by atoms with Crippen LogP contribution in [-0.2, 0) is 6.42 Å². The number of amides is 1. The summed E-state index contributed by atoms with van der Waals surface area (Å²) < 4.78 is 6.11. The fourth-order valence-electron chi connectivity index (χ4n) is 4.03. The summed E-state index contributed by atoms with van der Waals surface area (Å²) in [6, 6.07) is 21.7. The van der Waals surface area contributed by atoms with Gasteiger partial charge in [0.15, 0.2) is 0 Å². The highest BCUT2D eigenvalue weighted by Gasteiger charge is 2.14. The molecule has 1 heterocycles. The van der Waals surface area contributed by atoms with Crippen molar-refractivity contribution < 1.29 is 19.7 Å². The van der Waals surface area contributed by atoms with Crippen LogP contribution in [0, 0.1) is 0 Å². The fourth-order valence-corrected chi connectivity index (χ4v) is 4.23. The third-order valence-electron chi connectivity index (χ3n) is 5.99. The number of fused-ring (bicyclic) bond motifs is 1. The predicted molar refractivity (Wildman–Crippen MR) is 160 cm³/mol. The van der Waals surface area contributed by atoms with Crippen molar-refractivity contribution in [1.82, 2.24) is 15.6 Å². The van der Waals surface area contributed by atoms with Gasteiger partial charge in [-0.3, -0.25) is 9.78 Å². The van der Waals surface area contributed by atoms with Crippen LogP contribution in [0.3, 0.4) is 0 Å². The van der Waals surface area contributed by atoms with Crippen molar-refractivity contribution in [2.24, 2.45) is 0 Å². The molecule has 208 valence electrons. The Labute approximate surface area is 245 Å². The number of aliphatic hydroxyl groups excluding tert-OH is 2. The van der Waals surface area contributed by atoms with Crippen LogP contribution in [0.25, 0.3) is 10.9 Å². The molecule has 3 aromatic carbocycles. The molecule has 0 aliphatic heterocycles. The van der Waals surface area contributed by atoms with E-state index in [1.807, 2.05) is 43.3 Å². The smallest absolute Gasteiger partial charge is 0.251 e. The van der Waals surface area contributed by atoms with Crippen LogP contribution in [0.1, 0.15) is 34.5 Å². The molecule has 0 aliphatic rings. The van der Waals surface area contributed by atoms with Crippen LogP contribution in [0.15, 0.2) is 79.0 Å². The topological polar surface area (TPSA) is 104 Å². The van der Waals surface area contributed by atoms with Crippen molar-refractivity contribution in [3.8, 4) is 11.5 Å². The first-order valence-corrected chi connectivity index (χ1v) is 12.6. The van der Waals surface area contributed by atoms with Gasteiger partial charge in [-0.2, -0.15) is 0 Å². The molecule has 39 heavy (non-hydrogen) atoms. The Balaban J connectivity index is 0.00000267. The second kappa shape index (κ2) is 15.6. The monoisotopic (exact) mass is 591 g/mol. The Bertz CT molecular complexity index is 1360. The summed E-state index contributed by atoms with van der Waals surface area (Å²) in [5, 5.41) is 27.6. The lowest BCUT2D eigenvalue weighted by Crippen LogP contribution is -2.37. The number of hydrogen-bond acceptors (Lipinski definition) is 6. The standard InChI is InChI=1S/C29H30ClN3O4.2ClH/c1-2-31-29(36)21-8-11-25-26(16-21)32-13-12-28(25)37-24-9-6-19(7-10-24)14-23(18-34)33-17-27(35)20-4-3-5-22(30)15-20;;/h3-13,15-16,23,27,33-35H,2,14,17-18H2,1H3,(H,31,36);2*1H/t23-,27+;;/m0../s1. The molecule has 0 radical (unpaired) electrons. The molecule has 7 nitrogen and oxygen atoms in total. The van der Waals surface area contributed by atoms with E-state index >= 15 is 0 Å². The molecule has 0 unspecified atom stereocenters. The fraction of sp³-hybridized carbons (Fsp3) is 0.241. The van der Waals surface area contributed by atoms with Gasteiger partial charge >= 0.3 is 0 Å². The summed E-state index contributed by atoms with van der Waals surface area (Å²) in [7, 11) is 0. The zero-order chi connectivity index (χ0) is 26.2. The average molecular weight is 593 g/mol. The highest BCUT2D eigenvalue weighted by Crippen LogP contribution is 2.29. The molecule has 0 saturated heterocycles. The first-order valence-electron chi connectivity index (χ1n) is 12.2. The summed E-state index contributed by atoms with van der Waals surface area (Å²) >= 11 is 6.01. The van der Waals surface area contributed by atoms with Crippen LogP contribution in [0.2, 0.25) is 5.02 Å². The SMILES string of the molecule is CCNC(=O)c1ccc2c(Oc3ccc(C[C@@H](CO)NC[C@@H](O)c4cccc(Cl)c4)cc3)ccnc2c1.Cl.Cl. The normalized spacial score (nSPS) is 12.1. The Kier molecular flexibility index (Phi) is 12.9. The summed E-state index contributed by atoms with van der Waals surface area (Å²) in [6.45, 7) is 2.66. The number of pyridine rings is 1. The second-order valence-electron chi connectivity index (χ2n) is 8.71. The van der Waals surface area contributed by atoms with E-state index in [4.69, 9.17) is 16.3 Å². The number of carbonyl (C=O) groups is 1. The third kappa shape index (κ3) is 8.80. The number of aliphatic hydroxyl groups is 2. The molecule has 10 heteroatoms. The summed E-state index contributed by atoms with van der Waals surface area (Å²) in [5.41, 5.74) is 2.97. The van der Waals surface area contributed by atoms with Crippen molar-refractivity contribution in [2.45, 2.75) is 25.5 Å². The lowest BCUT2D eigenvalue weighted by molar-refractivity contribution is 0.0956. The molecule has 0 spiro atoms. The maximum absolute atomic E-state index is 12.1. The van der Waals surface area contributed by atoms with Gasteiger partial charge in [-0.1, -0.05) is 35.9 Å². The van der Waals surface area contributed by atoms with Crippen molar-refractivity contribution in [2.75, 3.05) is 19.7 Å². The second-order valence-corrected chi connectivity index (χ2v) is 9.15. The van der Waals surface area contributed by atoms with Gasteiger partial charge < -0.3 is 25.6 Å². The number of halogens is 3. The maximum Gasteiger partial charge on any atom is 0.251 e. The minimum Gasteiger partial charge on any atom is -0.457 e. The highest BCUT2D eigenvalue weighted by atomic mass is 35.5. The predicted octanol–water partition coefficient (Wildman–Crippen LogP) is 5.50. The molecule has 4 N–H and O–H groups in total. The highest BCUT2D eigenvalue weighted by molar-refractivity contribution is 6.30. The van der Waals surface area contributed by atoms with E-state index < -0.39 is 6.10 Å². The van der Waals surface area contributed by atoms with Gasteiger partial charge in [-0.25, -0.2) is 0 Å². The Morgan fingerprint density at radius 2 is 1.82 bits per heavy atom. The van der Waals surface area contributed by atoms with E-state index in [1.165, 1.54) is 0 Å². The Morgan fingerprint density at radius 1 is 1.05 bits per heavy atom. The Morgan fingerprint density at radius 3 is 2.51 bits per heavy atom. The quantitative estimate of drug-likeness (QED) is 0.183. The van der Waals surface area contributed by atoms with E-state index in [9.17, 15) is 15.0 Å². The van der Waals surface area contributed by atoms with E-state index in [0.29, 0.717) is 47.1 Å². The van der Waals surface area contributed by atoms with Gasteiger partial charge in [-0.05, 0) is 73.0 Å². The zero-order valence-electron chi connectivity index (χ0n) is 21.3. The summed E-state index contributed by atoms with van der Waals surface area (Å²) in [4.78, 5) is 16.5. The minimum atomic E-state index is -0.726. The van der Waals surface area contributed by atoms with E-state index in [2.05, 4.69) is 15.6 Å². The summed E-state index contributed by atoms with van der Waals surface area (Å²) in [6.07, 6.45) is 1.51. The van der Waals surface area contributed by atoms with E-state index in [1.54, 1.807) is 42.6 Å². The number of aromatic nitrogens is 1. The number of ether oxygens (including phenoxy) is 1. The van der Waals surface area contributed by atoms with Crippen LogP contribution in [0.4, 0.5) is 0 Å². The number of nitrogens with zero attached hydrogens (tertiary/aromatic N) is 1. The van der Waals surface area contributed by atoms with Gasteiger partial charge in [0.2, 0.25) is 0 Å². The van der Waals surface area contributed by atoms with Gasteiger partial charge in [0, 0.05) is 41.3 Å². The molecular weight excluding hydrogens is 561 g/mol. The third-order valence-corrected chi connectivity index (χ3v) is 6.22. The molecule has 4 aromatic rings. The van der Waals surface area contributed by atoms with Crippen LogP contribution >= 0.6 is 36.4 Å². The molecule has 4 rings (SSSR count). The lowest BCUT2D eigenvalue weighted by atomic mass is 10.0. The average Bonchev–Trinajstić information content (AvgIpc) is 2.91. The van der Waals surface area contributed by atoms with Crippen molar-refractivity contribution in [3.05, 3.63) is 101 Å². The lowest BCUT2D eigenvalue weighted by Gasteiger charge is -2.19. The number of benzene rings is 3. The Hall–Kier alpha value is -2.91. The summed E-state index contributed by atoms with van der Waals surface area (Å²) in [5.74, 6) is 1.17. The van der Waals surface area contributed by atoms with E-state index in [0.717, 1.165) is 16.5 Å². The first-order chi connectivity index (χ1) is 18.0. The van der Waals surface area contributed by atoms with Crippen molar-refractivity contribution >= 4 is 53.2 Å². The molecule has 0 bridgehead atoms. The molecular formula is C29H32Cl3N3O4. The number of carbonyl (C=O) groups excluding carboxylic acids is 1. The van der Waals surface area contributed by atoms with Crippen LogP contribution < -0.4 is 15.4 Å². The molecule has 0 saturated carbocycles. The molecule has 2 atom stereocenters. The number of nitrogens with one attached hydrogen (secondary N) is 2. The van der Waals surface area contributed by atoms with Crippen molar-refractivity contribution in [3.63, 3.8) is 0 Å². The molecule has 1 amide bonds. The number of rotatable bonds is 11. The van der Waals surface area contributed by atoms with Crippen LogP contribution in [0.5, 0.6) is 11.5 Å². The van der Waals surface area contributed by atoms with Gasteiger partial charge in [0.1, 0.15) is 11.5 Å². The largest absolute Gasteiger partial charge is 0.457 e. The van der Waals surface area contributed by atoms with E-state index in [-0.39, 0.29) is 43.4 Å². The van der Waals surface area contributed by atoms with Crippen LogP contribution in [-0.4, -0.2) is 46.8 Å². The molecule has 1 aromatic heterocycles. The van der Waals surface area contributed by atoms with Gasteiger partial charge in [0.25, 0.3) is 5.91 Å². The minimum absolute atomic E-state index is 0. The number of hydrogen-bond donors (Lipinski definition) is 4. The zero-order valence-corrected chi connectivity index (χ0v) is 23.7. The molecule has 0 fully saturated rings.